The molecule has 0 radical (unpaired) electrons. The molecule has 1 aromatic heterocycles. The minimum Gasteiger partial charge on any atom is -0.344 e. The Labute approximate surface area is 124 Å². The van der Waals surface area contributed by atoms with Gasteiger partial charge in [0.15, 0.2) is 0 Å². The number of para-hydroxylation sites is 1. The maximum absolute atomic E-state index is 2.59. The summed E-state index contributed by atoms with van der Waals surface area (Å²) in [5.41, 5.74) is 2.99. The lowest BCUT2D eigenvalue weighted by atomic mass is 9.95. The molecule has 0 N–H and O–H groups in total. The molecule has 20 heavy (non-hydrogen) atoms. The Bertz CT molecular complexity index is 524. The second-order valence-electron chi connectivity index (χ2n) is 5.88. The van der Waals surface area contributed by atoms with E-state index in [1.54, 1.807) is 5.69 Å². The van der Waals surface area contributed by atoms with Crippen molar-refractivity contribution in [2.24, 2.45) is 0 Å². The maximum Gasteiger partial charge on any atom is 0.0482 e. The molecule has 0 amide bonds. The van der Waals surface area contributed by atoms with Crippen LogP contribution in [0, 0.1) is 0 Å². The molecule has 0 saturated heterocycles. The minimum absolute atomic E-state index is 0.721. The van der Waals surface area contributed by atoms with Crippen LogP contribution in [0.4, 0.5) is 0 Å². The molecule has 1 heteroatoms. The standard InChI is InChI=1S/C19H29N/c1-4-7-11-16(6-3)19-15-17-12-9-10-13-18(17)20(19)14-8-5-2/h9-10,12-13,15-16H,4-8,11,14H2,1-3H3. The van der Waals surface area contributed by atoms with Crippen LogP contribution >= 0.6 is 0 Å². The molecule has 1 aromatic carbocycles. The van der Waals surface area contributed by atoms with Crippen LogP contribution in [0.25, 0.3) is 10.9 Å². The molecule has 0 saturated carbocycles. The number of nitrogens with zero attached hydrogens (tertiary/aromatic N) is 1. The molecule has 0 aliphatic rings. The van der Waals surface area contributed by atoms with Crippen LogP contribution in [0.3, 0.4) is 0 Å². The normalized spacial score (nSPS) is 12.9. The van der Waals surface area contributed by atoms with Crippen LogP contribution in [0.5, 0.6) is 0 Å². The van der Waals surface area contributed by atoms with E-state index in [0.29, 0.717) is 0 Å². The van der Waals surface area contributed by atoms with Crippen molar-refractivity contribution in [1.82, 2.24) is 4.57 Å². The van der Waals surface area contributed by atoms with Crippen molar-refractivity contribution in [2.45, 2.75) is 71.8 Å². The van der Waals surface area contributed by atoms with E-state index >= 15 is 0 Å². The molecular formula is C19H29N. The molecule has 2 rings (SSSR count). The molecule has 1 heterocycles. The van der Waals surface area contributed by atoms with Gasteiger partial charge in [-0.2, -0.15) is 0 Å². The molecule has 2 aromatic rings. The lowest BCUT2D eigenvalue weighted by molar-refractivity contribution is 0.519. The quantitative estimate of drug-likeness (QED) is 0.544. The highest BCUT2D eigenvalue weighted by Gasteiger charge is 2.16. The summed E-state index contributed by atoms with van der Waals surface area (Å²) in [6.45, 7) is 8.07. The Morgan fingerprint density at radius 2 is 1.75 bits per heavy atom. The highest BCUT2D eigenvalue weighted by molar-refractivity contribution is 5.81. The lowest BCUT2D eigenvalue weighted by Crippen LogP contribution is -2.08. The predicted octanol–water partition coefficient (Wildman–Crippen LogP) is 6.13. The highest BCUT2D eigenvalue weighted by Crippen LogP contribution is 2.31. The first-order valence-electron chi connectivity index (χ1n) is 8.39. The van der Waals surface area contributed by atoms with E-state index < -0.39 is 0 Å². The van der Waals surface area contributed by atoms with Crippen molar-refractivity contribution >= 4 is 10.9 Å². The van der Waals surface area contributed by atoms with Gasteiger partial charge in [0.2, 0.25) is 0 Å². The second-order valence-corrected chi connectivity index (χ2v) is 5.88. The summed E-state index contributed by atoms with van der Waals surface area (Å²) in [5.74, 6) is 0.721. The smallest absolute Gasteiger partial charge is 0.0482 e. The Morgan fingerprint density at radius 3 is 2.45 bits per heavy atom. The Morgan fingerprint density at radius 1 is 1.00 bits per heavy atom. The summed E-state index contributed by atoms with van der Waals surface area (Å²) < 4.78 is 2.59. The molecule has 1 nitrogen and oxygen atoms in total. The van der Waals surface area contributed by atoms with Gasteiger partial charge in [-0.3, -0.25) is 0 Å². The second kappa shape index (κ2) is 7.52. The third-order valence-corrected chi connectivity index (χ3v) is 4.40. The molecular weight excluding hydrogens is 242 g/mol. The topological polar surface area (TPSA) is 4.93 Å². The number of benzene rings is 1. The average molecular weight is 271 g/mol. The van der Waals surface area contributed by atoms with E-state index in [-0.39, 0.29) is 0 Å². The summed E-state index contributed by atoms with van der Waals surface area (Å²) in [5, 5.41) is 1.41. The number of unbranched alkanes of at least 4 members (excludes halogenated alkanes) is 2. The number of aromatic nitrogens is 1. The van der Waals surface area contributed by atoms with Crippen LogP contribution in [0.1, 0.15) is 70.9 Å². The molecule has 1 atom stereocenters. The fourth-order valence-corrected chi connectivity index (χ4v) is 3.15. The SMILES string of the molecule is CCCCC(CC)c1cc2ccccc2n1CCCC. The van der Waals surface area contributed by atoms with Gasteiger partial charge in [-0.05, 0) is 42.7 Å². The fourth-order valence-electron chi connectivity index (χ4n) is 3.15. The average Bonchev–Trinajstić information content (AvgIpc) is 2.84. The van der Waals surface area contributed by atoms with Crippen LogP contribution in [-0.2, 0) is 6.54 Å². The molecule has 0 aliphatic carbocycles. The zero-order valence-electron chi connectivity index (χ0n) is 13.4. The van der Waals surface area contributed by atoms with Gasteiger partial charge in [-0.15, -0.1) is 0 Å². The van der Waals surface area contributed by atoms with E-state index in [2.05, 4.69) is 55.7 Å². The van der Waals surface area contributed by atoms with Gasteiger partial charge >= 0.3 is 0 Å². The number of aryl methyl sites for hydroxylation is 1. The monoisotopic (exact) mass is 271 g/mol. The van der Waals surface area contributed by atoms with Crippen LogP contribution in [0.15, 0.2) is 30.3 Å². The first-order valence-corrected chi connectivity index (χ1v) is 8.39. The van der Waals surface area contributed by atoms with Crippen molar-refractivity contribution in [2.75, 3.05) is 0 Å². The fraction of sp³-hybridized carbons (Fsp3) is 0.579. The Balaban J connectivity index is 2.38. The Kier molecular flexibility index (Phi) is 5.70. The zero-order chi connectivity index (χ0) is 14.4. The summed E-state index contributed by atoms with van der Waals surface area (Å²) >= 11 is 0. The van der Waals surface area contributed by atoms with Crippen LogP contribution in [0.2, 0.25) is 0 Å². The summed E-state index contributed by atoms with van der Waals surface area (Å²) in [7, 11) is 0. The molecule has 0 aliphatic heterocycles. The zero-order valence-corrected chi connectivity index (χ0v) is 13.4. The van der Waals surface area contributed by atoms with Gasteiger partial charge in [0, 0.05) is 17.8 Å². The summed E-state index contributed by atoms with van der Waals surface area (Å²) in [6.07, 6.45) is 7.75. The Hall–Kier alpha value is -1.24. The van der Waals surface area contributed by atoms with E-state index in [1.165, 1.54) is 56.0 Å². The molecule has 0 bridgehead atoms. The predicted molar refractivity (Wildman–Crippen MR) is 89.4 cm³/mol. The van der Waals surface area contributed by atoms with Crippen molar-refractivity contribution < 1.29 is 0 Å². The van der Waals surface area contributed by atoms with Crippen molar-refractivity contribution in [1.29, 1.82) is 0 Å². The van der Waals surface area contributed by atoms with Crippen LogP contribution < -0.4 is 0 Å². The van der Waals surface area contributed by atoms with Gasteiger partial charge in [0.25, 0.3) is 0 Å². The van der Waals surface area contributed by atoms with E-state index in [9.17, 15) is 0 Å². The van der Waals surface area contributed by atoms with Gasteiger partial charge in [-0.25, -0.2) is 0 Å². The largest absolute Gasteiger partial charge is 0.344 e. The third-order valence-electron chi connectivity index (χ3n) is 4.40. The van der Waals surface area contributed by atoms with E-state index in [1.807, 2.05) is 0 Å². The summed E-state index contributed by atoms with van der Waals surface area (Å²) in [4.78, 5) is 0. The van der Waals surface area contributed by atoms with Crippen molar-refractivity contribution in [3.63, 3.8) is 0 Å². The first kappa shape index (κ1) is 15.2. The summed E-state index contributed by atoms with van der Waals surface area (Å²) in [6, 6.07) is 11.3. The van der Waals surface area contributed by atoms with E-state index in [4.69, 9.17) is 0 Å². The molecule has 0 fully saturated rings. The van der Waals surface area contributed by atoms with Gasteiger partial charge in [0.1, 0.15) is 0 Å². The number of rotatable bonds is 8. The molecule has 0 spiro atoms. The highest BCUT2D eigenvalue weighted by atomic mass is 15.0. The van der Waals surface area contributed by atoms with Crippen molar-refractivity contribution in [3.05, 3.63) is 36.0 Å². The van der Waals surface area contributed by atoms with E-state index in [0.717, 1.165) is 5.92 Å². The van der Waals surface area contributed by atoms with Gasteiger partial charge in [0.05, 0.1) is 0 Å². The number of hydrogen-bond acceptors (Lipinski definition) is 0. The third kappa shape index (κ3) is 3.26. The lowest BCUT2D eigenvalue weighted by Gasteiger charge is -2.18. The van der Waals surface area contributed by atoms with Crippen LogP contribution in [-0.4, -0.2) is 4.57 Å². The molecule has 1 unspecified atom stereocenters. The maximum atomic E-state index is 2.59. The number of hydrogen-bond donors (Lipinski definition) is 0. The van der Waals surface area contributed by atoms with Gasteiger partial charge in [-0.1, -0.05) is 58.2 Å². The number of fused-ring (bicyclic) bond motifs is 1. The molecule has 110 valence electrons. The first-order chi connectivity index (χ1) is 9.81. The van der Waals surface area contributed by atoms with Gasteiger partial charge < -0.3 is 4.57 Å². The van der Waals surface area contributed by atoms with Crippen molar-refractivity contribution in [3.8, 4) is 0 Å². The minimum atomic E-state index is 0.721.